The van der Waals surface area contributed by atoms with Gasteiger partial charge in [0.25, 0.3) is 21.5 Å². The fourth-order valence-corrected chi connectivity index (χ4v) is 5.36. The van der Waals surface area contributed by atoms with Gasteiger partial charge in [-0.2, -0.15) is 0 Å². The van der Waals surface area contributed by atoms with E-state index in [1.54, 1.807) is 17.8 Å². The molecule has 3 aromatic rings. The van der Waals surface area contributed by atoms with E-state index in [9.17, 15) is 18.0 Å². The predicted molar refractivity (Wildman–Crippen MR) is 131 cm³/mol. The SMILES string of the molecule is Cc1sc2ncn(CCCN3CCN(C)CC3)c(=O)c2c1C(=O)Nc1ccc(S(N)(=O)=O)nc1. The van der Waals surface area contributed by atoms with Crippen LogP contribution in [-0.2, 0) is 16.6 Å². The highest BCUT2D eigenvalue weighted by Gasteiger charge is 2.22. The monoisotopic (exact) mass is 505 g/mol. The molecule has 0 aliphatic carbocycles. The summed E-state index contributed by atoms with van der Waals surface area (Å²) in [4.78, 5) is 40.3. The molecule has 4 rings (SSSR count). The zero-order chi connectivity index (χ0) is 24.5. The van der Waals surface area contributed by atoms with Crippen LogP contribution in [0.5, 0.6) is 0 Å². The average molecular weight is 506 g/mol. The number of hydrogen-bond acceptors (Lipinski definition) is 9. The van der Waals surface area contributed by atoms with Gasteiger partial charge in [0.1, 0.15) is 4.83 Å². The normalized spacial score (nSPS) is 15.6. The van der Waals surface area contributed by atoms with Crippen LogP contribution in [0, 0.1) is 6.92 Å². The fraction of sp³-hybridized carbons (Fsp3) is 0.429. The maximum atomic E-state index is 13.2. The predicted octanol–water partition coefficient (Wildman–Crippen LogP) is 0.699. The Kier molecular flexibility index (Phi) is 7.09. The first-order valence-corrected chi connectivity index (χ1v) is 13.2. The number of nitrogens with two attached hydrogens (primary N) is 1. The van der Waals surface area contributed by atoms with E-state index in [0.29, 0.717) is 16.3 Å². The summed E-state index contributed by atoms with van der Waals surface area (Å²) in [6.07, 6.45) is 3.56. The number of fused-ring (bicyclic) bond motifs is 1. The van der Waals surface area contributed by atoms with Crippen molar-refractivity contribution in [1.29, 1.82) is 0 Å². The van der Waals surface area contributed by atoms with Crippen LogP contribution in [0.1, 0.15) is 21.7 Å². The van der Waals surface area contributed by atoms with Crippen molar-refractivity contribution in [2.45, 2.75) is 24.9 Å². The zero-order valence-corrected chi connectivity index (χ0v) is 20.7. The van der Waals surface area contributed by atoms with Crippen molar-refractivity contribution in [3.63, 3.8) is 0 Å². The standard InChI is InChI=1S/C21H27N7O4S2/c1-14-17(19(29)25-15-4-5-16(23-12-15)34(22,31)32)18-20(33-14)24-13-28(21(18)30)7-3-6-27-10-8-26(2)9-11-27/h4-5,12-13H,3,6-11H2,1-2H3,(H,25,29)(H2,22,31,32). The Morgan fingerprint density at radius 1 is 1.18 bits per heavy atom. The molecule has 11 nitrogen and oxygen atoms in total. The number of nitrogens with zero attached hydrogens (tertiary/aromatic N) is 5. The van der Waals surface area contributed by atoms with Crippen molar-refractivity contribution in [3.8, 4) is 0 Å². The minimum atomic E-state index is -3.93. The number of sulfonamides is 1. The second-order valence-corrected chi connectivity index (χ2v) is 11.1. The Bertz CT molecular complexity index is 1360. The van der Waals surface area contributed by atoms with Crippen LogP contribution in [0.3, 0.4) is 0 Å². The number of likely N-dealkylation sites (N-methyl/N-ethyl adjacent to an activating group) is 1. The smallest absolute Gasteiger partial charge is 0.262 e. The van der Waals surface area contributed by atoms with Gasteiger partial charge >= 0.3 is 0 Å². The maximum Gasteiger partial charge on any atom is 0.262 e. The Balaban J connectivity index is 1.51. The third-order valence-corrected chi connectivity index (χ3v) is 7.67. The van der Waals surface area contributed by atoms with Gasteiger partial charge in [0, 0.05) is 37.6 Å². The summed E-state index contributed by atoms with van der Waals surface area (Å²) in [5.74, 6) is -0.483. The van der Waals surface area contributed by atoms with Gasteiger partial charge in [0.2, 0.25) is 0 Å². The Hall–Kier alpha value is -2.71. The minimum absolute atomic E-state index is 0.249. The molecular formula is C21H27N7O4S2. The molecule has 3 aromatic heterocycles. The van der Waals surface area contributed by atoms with E-state index in [4.69, 9.17) is 5.14 Å². The lowest BCUT2D eigenvalue weighted by molar-refractivity contribution is 0.102. The molecule has 0 saturated carbocycles. The van der Waals surface area contributed by atoms with Gasteiger partial charge in [-0.25, -0.2) is 23.5 Å². The first-order valence-electron chi connectivity index (χ1n) is 10.8. The van der Waals surface area contributed by atoms with Gasteiger partial charge in [-0.05, 0) is 39.1 Å². The van der Waals surface area contributed by atoms with Crippen molar-refractivity contribution in [1.82, 2.24) is 24.3 Å². The second-order valence-electron chi connectivity index (χ2n) is 8.34. The van der Waals surface area contributed by atoms with E-state index in [1.165, 1.54) is 29.7 Å². The quantitative estimate of drug-likeness (QED) is 0.478. The van der Waals surface area contributed by atoms with Gasteiger partial charge in [-0.1, -0.05) is 0 Å². The molecule has 34 heavy (non-hydrogen) atoms. The largest absolute Gasteiger partial charge is 0.321 e. The van der Waals surface area contributed by atoms with E-state index >= 15 is 0 Å². The van der Waals surface area contributed by atoms with E-state index in [-0.39, 0.29) is 27.2 Å². The lowest BCUT2D eigenvalue weighted by Gasteiger charge is -2.32. The number of carbonyl (C=O) groups is 1. The molecule has 0 radical (unpaired) electrons. The molecule has 0 spiro atoms. The molecule has 0 aromatic carbocycles. The van der Waals surface area contributed by atoms with E-state index in [0.717, 1.165) is 39.1 Å². The Morgan fingerprint density at radius 3 is 2.56 bits per heavy atom. The number of nitrogens with one attached hydrogen (secondary N) is 1. The van der Waals surface area contributed by atoms with Crippen molar-refractivity contribution in [2.75, 3.05) is 45.1 Å². The van der Waals surface area contributed by atoms with E-state index in [1.807, 2.05) is 0 Å². The van der Waals surface area contributed by atoms with Crippen LogP contribution in [0.25, 0.3) is 10.2 Å². The number of pyridine rings is 1. The molecule has 4 heterocycles. The summed E-state index contributed by atoms with van der Waals surface area (Å²) in [6, 6.07) is 2.60. The molecule has 182 valence electrons. The van der Waals surface area contributed by atoms with Gasteiger partial charge in [0.05, 0.1) is 29.2 Å². The first-order chi connectivity index (χ1) is 16.1. The topological polar surface area (TPSA) is 144 Å². The average Bonchev–Trinajstić information content (AvgIpc) is 3.13. The van der Waals surface area contributed by atoms with Crippen LogP contribution in [0.15, 0.2) is 34.5 Å². The number of hydrogen-bond donors (Lipinski definition) is 2. The fourth-order valence-electron chi connectivity index (χ4n) is 3.92. The Morgan fingerprint density at radius 2 is 1.91 bits per heavy atom. The third-order valence-electron chi connectivity index (χ3n) is 5.84. The lowest BCUT2D eigenvalue weighted by Crippen LogP contribution is -2.44. The van der Waals surface area contributed by atoms with Crippen LogP contribution >= 0.6 is 11.3 Å². The van der Waals surface area contributed by atoms with Gasteiger partial charge in [-0.15, -0.1) is 11.3 Å². The number of primary sulfonamides is 1. The van der Waals surface area contributed by atoms with Crippen molar-refractivity contribution in [2.24, 2.45) is 5.14 Å². The molecule has 13 heteroatoms. The van der Waals surface area contributed by atoms with Crippen LogP contribution in [0.2, 0.25) is 0 Å². The molecule has 0 bridgehead atoms. The highest BCUT2D eigenvalue weighted by Crippen LogP contribution is 2.27. The number of carbonyl (C=O) groups excluding carboxylic acids is 1. The van der Waals surface area contributed by atoms with Gasteiger partial charge in [0.15, 0.2) is 5.03 Å². The highest BCUT2D eigenvalue weighted by atomic mass is 32.2. The Labute approximate surface area is 201 Å². The van der Waals surface area contributed by atoms with Crippen LogP contribution in [-0.4, -0.2) is 78.4 Å². The number of piperazine rings is 1. The van der Waals surface area contributed by atoms with Crippen molar-refractivity contribution in [3.05, 3.63) is 45.5 Å². The summed E-state index contributed by atoms with van der Waals surface area (Å²) < 4.78 is 24.3. The number of aromatic nitrogens is 3. The summed E-state index contributed by atoms with van der Waals surface area (Å²) in [5, 5.41) is 7.72. The van der Waals surface area contributed by atoms with Gasteiger partial charge < -0.3 is 15.1 Å². The molecule has 1 aliphatic rings. The zero-order valence-electron chi connectivity index (χ0n) is 19.0. The molecule has 0 atom stereocenters. The van der Waals surface area contributed by atoms with Crippen molar-refractivity contribution < 1.29 is 13.2 Å². The van der Waals surface area contributed by atoms with Crippen LogP contribution < -0.4 is 16.0 Å². The first kappa shape index (κ1) is 24.4. The molecule has 1 amide bonds. The molecule has 1 aliphatic heterocycles. The summed E-state index contributed by atoms with van der Waals surface area (Å²) in [7, 11) is -1.82. The molecule has 3 N–H and O–H groups in total. The summed E-state index contributed by atoms with van der Waals surface area (Å²) in [5.41, 5.74) is 0.301. The van der Waals surface area contributed by atoms with Crippen molar-refractivity contribution >= 4 is 43.2 Å². The number of anilines is 1. The highest BCUT2D eigenvalue weighted by molar-refractivity contribution is 7.89. The summed E-state index contributed by atoms with van der Waals surface area (Å²) >= 11 is 1.28. The van der Waals surface area contributed by atoms with Crippen LogP contribution in [0.4, 0.5) is 5.69 Å². The number of rotatable bonds is 7. The molecule has 0 unspecified atom stereocenters. The number of aryl methyl sites for hydroxylation is 2. The van der Waals surface area contributed by atoms with E-state index in [2.05, 4.69) is 32.1 Å². The molecule has 1 fully saturated rings. The maximum absolute atomic E-state index is 13.2. The third kappa shape index (κ3) is 5.33. The summed E-state index contributed by atoms with van der Waals surface area (Å²) in [6.45, 7) is 7.30. The van der Waals surface area contributed by atoms with E-state index < -0.39 is 15.9 Å². The molecular weight excluding hydrogens is 478 g/mol. The minimum Gasteiger partial charge on any atom is -0.321 e. The number of thiophene rings is 1. The molecule has 1 saturated heterocycles. The lowest BCUT2D eigenvalue weighted by atomic mass is 10.1. The van der Waals surface area contributed by atoms with Gasteiger partial charge in [-0.3, -0.25) is 14.2 Å². The number of amides is 1. The second kappa shape index (κ2) is 9.88.